The van der Waals surface area contributed by atoms with Gasteiger partial charge in [-0.1, -0.05) is 67.9 Å². The van der Waals surface area contributed by atoms with Gasteiger partial charge in [-0.25, -0.2) is 0 Å². The molecule has 0 aliphatic rings. The zero-order valence-corrected chi connectivity index (χ0v) is 18.7. The van der Waals surface area contributed by atoms with Crippen LogP contribution in [0.25, 0.3) is 10.8 Å². The Balaban J connectivity index is 1.46. The van der Waals surface area contributed by atoms with Crippen molar-refractivity contribution in [3.63, 3.8) is 0 Å². The van der Waals surface area contributed by atoms with Gasteiger partial charge in [-0.2, -0.15) is 5.26 Å². The molecule has 1 N–H and O–H groups in total. The van der Waals surface area contributed by atoms with Gasteiger partial charge >= 0.3 is 0 Å². The average molecular weight is 438 g/mol. The highest BCUT2D eigenvalue weighted by Crippen LogP contribution is 2.26. The lowest BCUT2D eigenvalue weighted by molar-refractivity contribution is 0.107. The fourth-order valence-electron chi connectivity index (χ4n) is 3.80. The molecule has 0 fully saturated rings. The maximum Gasteiger partial charge on any atom is 0.123 e. The van der Waals surface area contributed by atoms with Crippen molar-refractivity contribution in [1.29, 1.82) is 5.26 Å². The molecule has 0 amide bonds. The van der Waals surface area contributed by atoms with Crippen LogP contribution in [0, 0.1) is 11.3 Å². The summed E-state index contributed by atoms with van der Waals surface area (Å²) >= 11 is 0. The average Bonchev–Trinajstić information content (AvgIpc) is 2.87. The first kappa shape index (κ1) is 22.4. The smallest absolute Gasteiger partial charge is 0.123 e. The van der Waals surface area contributed by atoms with E-state index < -0.39 is 6.10 Å². The standard InChI is InChI=1S/C29H27NO3/c1-2-6-24-12-11-22(19-32-27-10-5-7-21(15-27)18-30)16-29(24)33-20-28(31)26-14-13-23-8-3-4-9-25(23)17-26/h3-5,7-17,28,31H,2,6,19-20H2,1H3. The van der Waals surface area contributed by atoms with Crippen molar-refractivity contribution >= 4 is 10.8 Å². The number of aryl methyl sites for hydroxylation is 1. The van der Waals surface area contributed by atoms with Gasteiger partial charge in [0, 0.05) is 0 Å². The van der Waals surface area contributed by atoms with E-state index in [1.165, 1.54) is 0 Å². The number of hydrogen-bond donors (Lipinski definition) is 1. The minimum absolute atomic E-state index is 0.170. The third-order valence-electron chi connectivity index (χ3n) is 5.57. The van der Waals surface area contributed by atoms with Crippen LogP contribution in [0.1, 0.15) is 41.7 Å². The second kappa shape index (κ2) is 10.7. The molecule has 0 saturated heterocycles. The SMILES string of the molecule is CCCc1ccc(COc2cccc(C#N)c2)cc1OCC(O)c1ccc2ccccc2c1. The maximum absolute atomic E-state index is 10.8. The van der Waals surface area contributed by atoms with Crippen molar-refractivity contribution in [3.8, 4) is 17.6 Å². The van der Waals surface area contributed by atoms with Crippen molar-refractivity contribution in [1.82, 2.24) is 0 Å². The van der Waals surface area contributed by atoms with Crippen LogP contribution in [0.5, 0.6) is 11.5 Å². The van der Waals surface area contributed by atoms with Crippen LogP contribution in [0.2, 0.25) is 0 Å². The summed E-state index contributed by atoms with van der Waals surface area (Å²) in [5.74, 6) is 1.42. The Morgan fingerprint density at radius 1 is 0.879 bits per heavy atom. The third kappa shape index (κ3) is 5.71. The third-order valence-corrected chi connectivity index (χ3v) is 5.57. The summed E-state index contributed by atoms with van der Waals surface area (Å²) in [6, 6.07) is 29.4. The molecule has 4 nitrogen and oxygen atoms in total. The Labute approximate surface area is 194 Å². The highest BCUT2D eigenvalue weighted by atomic mass is 16.5. The normalized spacial score (nSPS) is 11.7. The number of rotatable bonds is 9. The molecule has 0 heterocycles. The van der Waals surface area contributed by atoms with E-state index in [9.17, 15) is 5.11 Å². The van der Waals surface area contributed by atoms with Gasteiger partial charge in [0.05, 0.1) is 11.6 Å². The first-order valence-corrected chi connectivity index (χ1v) is 11.2. The quantitative estimate of drug-likeness (QED) is 0.331. The molecule has 0 aromatic heterocycles. The van der Waals surface area contributed by atoms with E-state index in [-0.39, 0.29) is 6.61 Å². The summed E-state index contributed by atoms with van der Waals surface area (Å²) in [5, 5.41) is 22.1. The molecule has 0 spiro atoms. The number of aliphatic hydroxyl groups excluding tert-OH is 1. The number of benzene rings is 4. The van der Waals surface area contributed by atoms with Crippen molar-refractivity contribution in [3.05, 3.63) is 107 Å². The summed E-state index contributed by atoms with van der Waals surface area (Å²) < 4.78 is 12.0. The van der Waals surface area contributed by atoms with Crippen LogP contribution >= 0.6 is 0 Å². The van der Waals surface area contributed by atoms with Crippen LogP contribution in [-0.2, 0) is 13.0 Å². The second-order valence-corrected chi connectivity index (χ2v) is 8.05. The van der Waals surface area contributed by atoms with E-state index in [2.05, 4.69) is 25.1 Å². The lowest BCUT2D eigenvalue weighted by atomic mass is 10.0. The summed E-state index contributed by atoms with van der Waals surface area (Å²) in [5.41, 5.74) is 3.48. The summed E-state index contributed by atoms with van der Waals surface area (Å²) in [6.07, 6.45) is 1.17. The number of fused-ring (bicyclic) bond motifs is 1. The van der Waals surface area contributed by atoms with Crippen LogP contribution in [0.4, 0.5) is 0 Å². The highest BCUT2D eigenvalue weighted by Gasteiger charge is 2.12. The van der Waals surface area contributed by atoms with Gasteiger partial charge in [-0.3, -0.25) is 0 Å². The molecule has 0 radical (unpaired) electrons. The monoisotopic (exact) mass is 437 g/mol. The van der Waals surface area contributed by atoms with Crippen molar-refractivity contribution in [2.75, 3.05) is 6.61 Å². The van der Waals surface area contributed by atoms with Gasteiger partial charge in [0.2, 0.25) is 0 Å². The number of aliphatic hydroxyl groups is 1. The highest BCUT2D eigenvalue weighted by molar-refractivity contribution is 5.83. The van der Waals surface area contributed by atoms with E-state index in [0.29, 0.717) is 17.9 Å². The first-order valence-electron chi connectivity index (χ1n) is 11.2. The molecule has 4 rings (SSSR count). The van der Waals surface area contributed by atoms with Crippen molar-refractivity contribution in [2.45, 2.75) is 32.5 Å². The molecular weight excluding hydrogens is 410 g/mol. The number of ether oxygens (including phenoxy) is 2. The van der Waals surface area contributed by atoms with Crippen molar-refractivity contribution in [2.24, 2.45) is 0 Å². The van der Waals surface area contributed by atoms with Crippen LogP contribution in [-0.4, -0.2) is 11.7 Å². The zero-order valence-electron chi connectivity index (χ0n) is 18.7. The Kier molecular flexibility index (Phi) is 7.24. The molecule has 0 aliphatic carbocycles. The molecule has 0 saturated carbocycles. The van der Waals surface area contributed by atoms with Crippen LogP contribution in [0.15, 0.2) is 84.9 Å². The minimum atomic E-state index is -0.724. The van der Waals surface area contributed by atoms with Gasteiger partial charge in [0.15, 0.2) is 0 Å². The molecule has 4 aromatic carbocycles. The second-order valence-electron chi connectivity index (χ2n) is 8.05. The maximum atomic E-state index is 10.8. The Hall–Kier alpha value is -3.81. The molecule has 1 atom stereocenters. The fourth-order valence-corrected chi connectivity index (χ4v) is 3.80. The Morgan fingerprint density at radius 3 is 2.55 bits per heavy atom. The summed E-state index contributed by atoms with van der Waals surface area (Å²) in [6.45, 7) is 2.67. The van der Waals surface area contributed by atoms with E-state index >= 15 is 0 Å². The molecule has 1 unspecified atom stereocenters. The van der Waals surface area contributed by atoms with Gasteiger partial charge in [0.1, 0.15) is 30.8 Å². The predicted octanol–water partition coefficient (Wildman–Crippen LogP) is 6.36. The van der Waals surface area contributed by atoms with Gasteiger partial charge in [-0.05, 0) is 64.2 Å². The predicted molar refractivity (Wildman–Crippen MR) is 130 cm³/mol. The summed E-state index contributed by atoms with van der Waals surface area (Å²) in [7, 11) is 0. The molecular formula is C29H27NO3. The first-order chi connectivity index (χ1) is 16.2. The fraction of sp³-hybridized carbons (Fsp3) is 0.207. The molecule has 33 heavy (non-hydrogen) atoms. The number of hydrogen-bond acceptors (Lipinski definition) is 4. The molecule has 0 aliphatic heterocycles. The van der Waals surface area contributed by atoms with E-state index in [1.54, 1.807) is 18.2 Å². The van der Waals surface area contributed by atoms with E-state index in [1.807, 2.05) is 54.6 Å². The molecule has 166 valence electrons. The Bertz CT molecular complexity index is 1280. The molecule has 4 aromatic rings. The number of nitriles is 1. The lowest BCUT2D eigenvalue weighted by Gasteiger charge is -2.17. The topological polar surface area (TPSA) is 62.5 Å². The van der Waals surface area contributed by atoms with Gasteiger partial charge < -0.3 is 14.6 Å². The molecule has 4 heteroatoms. The minimum Gasteiger partial charge on any atom is -0.490 e. The van der Waals surface area contributed by atoms with Gasteiger partial charge in [-0.15, -0.1) is 0 Å². The van der Waals surface area contributed by atoms with Gasteiger partial charge in [0.25, 0.3) is 0 Å². The number of nitrogens with zero attached hydrogens (tertiary/aromatic N) is 1. The van der Waals surface area contributed by atoms with Crippen molar-refractivity contribution < 1.29 is 14.6 Å². The summed E-state index contributed by atoms with van der Waals surface area (Å²) in [4.78, 5) is 0. The van der Waals surface area contributed by atoms with Crippen LogP contribution in [0.3, 0.4) is 0 Å². The zero-order chi connectivity index (χ0) is 23.0. The lowest BCUT2D eigenvalue weighted by Crippen LogP contribution is -2.11. The van der Waals surface area contributed by atoms with E-state index in [4.69, 9.17) is 14.7 Å². The van der Waals surface area contributed by atoms with Crippen LogP contribution < -0.4 is 9.47 Å². The van der Waals surface area contributed by atoms with E-state index in [0.717, 1.165) is 46.1 Å². The molecule has 0 bridgehead atoms. The Morgan fingerprint density at radius 2 is 1.73 bits per heavy atom. The largest absolute Gasteiger partial charge is 0.490 e.